The van der Waals surface area contributed by atoms with Gasteiger partial charge >= 0.3 is 0 Å². The summed E-state index contributed by atoms with van der Waals surface area (Å²) in [4.78, 5) is 18.2. The number of hydrogen-bond acceptors (Lipinski definition) is 6. The summed E-state index contributed by atoms with van der Waals surface area (Å²) in [5.74, 6) is 0.406. The molecule has 2 aliphatic rings. The quantitative estimate of drug-likeness (QED) is 0.278. The third-order valence-corrected chi connectivity index (χ3v) is 7.67. The Bertz CT molecular complexity index is 1440. The number of anilines is 2. The highest BCUT2D eigenvalue weighted by molar-refractivity contribution is 7.98. The molecule has 35 heavy (non-hydrogen) atoms. The topological polar surface area (TPSA) is 45.2 Å². The summed E-state index contributed by atoms with van der Waals surface area (Å²) >= 11 is 1.50. The van der Waals surface area contributed by atoms with Crippen LogP contribution < -0.4 is 9.80 Å². The molecule has 6 rings (SSSR count). The molecule has 0 radical (unpaired) electrons. The first-order chi connectivity index (χ1) is 17.0. The minimum absolute atomic E-state index is 0.157. The number of halogens is 2. The van der Waals surface area contributed by atoms with Crippen LogP contribution in [0.2, 0.25) is 0 Å². The van der Waals surface area contributed by atoms with Crippen molar-refractivity contribution in [1.29, 1.82) is 0 Å². The van der Waals surface area contributed by atoms with Gasteiger partial charge in [0.1, 0.15) is 17.5 Å². The fraction of sp³-hybridized carbons (Fsp3) is 0.296. The van der Waals surface area contributed by atoms with E-state index in [1.54, 1.807) is 12.3 Å². The van der Waals surface area contributed by atoms with Crippen LogP contribution in [-0.4, -0.2) is 33.8 Å². The fourth-order valence-corrected chi connectivity index (χ4v) is 5.74. The second kappa shape index (κ2) is 8.75. The van der Waals surface area contributed by atoms with Gasteiger partial charge in [0, 0.05) is 47.5 Å². The van der Waals surface area contributed by atoms with Crippen LogP contribution in [-0.2, 0) is 25.9 Å². The maximum atomic E-state index is 14.8. The first-order valence-corrected chi connectivity index (χ1v) is 13.0. The summed E-state index contributed by atoms with van der Waals surface area (Å²) in [6.07, 6.45) is 6.48. The zero-order valence-corrected chi connectivity index (χ0v) is 20.4. The minimum atomic E-state index is -0.267. The molecule has 0 unspecified atom stereocenters. The smallest absolute Gasteiger partial charge is 0.189 e. The average Bonchev–Trinajstić information content (AvgIpc) is 2.87. The normalized spacial score (nSPS) is 17.4. The van der Waals surface area contributed by atoms with Crippen molar-refractivity contribution in [3.63, 3.8) is 0 Å². The van der Waals surface area contributed by atoms with Crippen LogP contribution in [0.15, 0.2) is 53.9 Å². The van der Waals surface area contributed by atoms with E-state index >= 15 is 0 Å². The molecule has 178 valence electrons. The molecule has 5 nitrogen and oxygen atoms in total. The Balaban J connectivity index is 1.41. The van der Waals surface area contributed by atoms with Gasteiger partial charge in [0.05, 0.1) is 18.4 Å². The van der Waals surface area contributed by atoms with Crippen molar-refractivity contribution in [2.45, 2.75) is 44.1 Å². The second-order valence-corrected chi connectivity index (χ2v) is 9.96. The lowest BCUT2D eigenvalue weighted by atomic mass is 9.95. The fourth-order valence-electron chi connectivity index (χ4n) is 5.36. The van der Waals surface area contributed by atoms with Gasteiger partial charge in [0.2, 0.25) is 0 Å². The first-order valence-electron chi connectivity index (χ1n) is 11.8. The van der Waals surface area contributed by atoms with E-state index in [0.29, 0.717) is 29.2 Å². The maximum Gasteiger partial charge on any atom is 0.189 e. The molecule has 1 atom stereocenters. The van der Waals surface area contributed by atoms with Gasteiger partial charge in [-0.15, -0.1) is 0 Å². The lowest BCUT2D eigenvalue weighted by Crippen LogP contribution is -2.41. The lowest BCUT2D eigenvalue weighted by Gasteiger charge is -2.39. The Hall–Kier alpha value is -3.26. The number of pyridine rings is 1. The monoisotopic (exact) mass is 489 g/mol. The Labute approximate surface area is 207 Å². The van der Waals surface area contributed by atoms with Gasteiger partial charge in [-0.3, -0.25) is 4.98 Å². The Morgan fingerprint density at radius 1 is 0.971 bits per heavy atom. The summed E-state index contributed by atoms with van der Waals surface area (Å²) < 4.78 is 29.4. The standard InChI is InChI=1S/C27H25F2N5S/c1-16-11-18-12-30-13-22(29)20(18)14-34(16)26-19-9-10-33(15-23(19)31-27(32-26)35-2)24-8-4-6-17-5-3-7-21(28)25(17)24/h3-8,12-13,16H,9-11,14-15H2,1-2H3/t16-/m1/s1. The Kier molecular flexibility index (Phi) is 5.56. The van der Waals surface area contributed by atoms with Crippen molar-refractivity contribution in [1.82, 2.24) is 15.0 Å². The van der Waals surface area contributed by atoms with Crippen LogP contribution in [0, 0.1) is 11.6 Å². The SMILES string of the molecule is CSc1nc2c(c(N3Cc4c(F)cncc4C[C@H]3C)n1)CCN(c1cccc3cccc(F)c13)C2. The van der Waals surface area contributed by atoms with Crippen molar-refractivity contribution in [3.8, 4) is 0 Å². The van der Waals surface area contributed by atoms with Crippen molar-refractivity contribution < 1.29 is 8.78 Å². The van der Waals surface area contributed by atoms with Crippen LogP contribution in [0.25, 0.3) is 10.8 Å². The van der Waals surface area contributed by atoms with Crippen molar-refractivity contribution in [2.24, 2.45) is 0 Å². The van der Waals surface area contributed by atoms with Gasteiger partial charge in [-0.1, -0.05) is 36.0 Å². The van der Waals surface area contributed by atoms with Crippen molar-refractivity contribution >= 4 is 34.0 Å². The number of rotatable bonds is 3. The highest BCUT2D eigenvalue weighted by Crippen LogP contribution is 2.37. The summed E-state index contributed by atoms with van der Waals surface area (Å²) in [5, 5.41) is 2.22. The second-order valence-electron chi connectivity index (χ2n) is 9.19. The molecular formula is C27H25F2N5S. The first kappa shape index (κ1) is 22.2. The molecule has 4 heterocycles. The van der Waals surface area contributed by atoms with Crippen LogP contribution in [0.5, 0.6) is 0 Å². The van der Waals surface area contributed by atoms with Gasteiger partial charge in [0.15, 0.2) is 5.16 Å². The number of thioether (sulfide) groups is 1. The van der Waals surface area contributed by atoms with Crippen molar-refractivity contribution in [2.75, 3.05) is 22.6 Å². The molecular weight excluding hydrogens is 464 g/mol. The molecule has 0 bridgehead atoms. The summed E-state index contributed by atoms with van der Waals surface area (Å²) in [6.45, 7) is 3.91. The Morgan fingerprint density at radius 3 is 2.63 bits per heavy atom. The van der Waals surface area contributed by atoms with Gasteiger partial charge in [-0.2, -0.15) is 0 Å². The predicted octanol–water partition coefficient (Wildman–Crippen LogP) is 5.54. The molecule has 0 aliphatic carbocycles. The van der Waals surface area contributed by atoms with Gasteiger partial charge < -0.3 is 9.80 Å². The number of benzene rings is 2. The molecule has 0 spiro atoms. The third-order valence-electron chi connectivity index (χ3n) is 7.12. The van der Waals surface area contributed by atoms with E-state index in [0.717, 1.165) is 53.1 Å². The molecule has 8 heteroatoms. The molecule has 0 saturated heterocycles. The maximum absolute atomic E-state index is 14.8. The molecule has 2 aromatic heterocycles. The predicted molar refractivity (Wildman–Crippen MR) is 136 cm³/mol. The van der Waals surface area contributed by atoms with E-state index in [2.05, 4.69) is 21.7 Å². The summed E-state index contributed by atoms with van der Waals surface area (Å²) in [6, 6.07) is 11.3. The molecule has 2 aromatic carbocycles. The molecule has 0 N–H and O–H groups in total. The van der Waals surface area contributed by atoms with Crippen LogP contribution >= 0.6 is 11.8 Å². The van der Waals surface area contributed by atoms with Crippen molar-refractivity contribution in [3.05, 3.63) is 82.8 Å². The highest BCUT2D eigenvalue weighted by atomic mass is 32.2. The highest BCUT2D eigenvalue weighted by Gasteiger charge is 2.31. The Morgan fingerprint density at radius 2 is 1.80 bits per heavy atom. The van der Waals surface area contributed by atoms with Crippen LogP contribution in [0.3, 0.4) is 0 Å². The van der Waals surface area contributed by atoms with E-state index in [4.69, 9.17) is 9.97 Å². The molecule has 0 fully saturated rings. The van der Waals surface area contributed by atoms with Crippen LogP contribution in [0.4, 0.5) is 20.3 Å². The zero-order valence-electron chi connectivity index (χ0n) is 19.6. The number of aromatic nitrogens is 3. The number of fused-ring (bicyclic) bond motifs is 3. The largest absolute Gasteiger partial charge is 0.365 e. The van der Waals surface area contributed by atoms with Gasteiger partial charge in [-0.25, -0.2) is 18.7 Å². The summed E-state index contributed by atoms with van der Waals surface area (Å²) in [7, 11) is 0. The van der Waals surface area contributed by atoms with E-state index in [1.165, 1.54) is 24.0 Å². The van der Waals surface area contributed by atoms with E-state index in [1.807, 2.05) is 30.5 Å². The van der Waals surface area contributed by atoms with Gasteiger partial charge in [-0.05, 0) is 49.1 Å². The third kappa shape index (κ3) is 3.80. The summed E-state index contributed by atoms with van der Waals surface area (Å²) in [5.41, 5.74) is 4.59. The van der Waals surface area contributed by atoms with E-state index < -0.39 is 0 Å². The molecule has 0 amide bonds. The average molecular weight is 490 g/mol. The minimum Gasteiger partial charge on any atom is -0.365 e. The van der Waals surface area contributed by atoms with E-state index in [-0.39, 0.29) is 17.7 Å². The van der Waals surface area contributed by atoms with E-state index in [9.17, 15) is 8.78 Å². The number of nitrogens with zero attached hydrogens (tertiary/aromatic N) is 5. The van der Waals surface area contributed by atoms with Crippen LogP contribution in [0.1, 0.15) is 29.3 Å². The molecule has 2 aliphatic heterocycles. The lowest BCUT2D eigenvalue weighted by molar-refractivity contribution is 0.532. The zero-order chi connectivity index (χ0) is 24.1. The van der Waals surface area contributed by atoms with Gasteiger partial charge in [0.25, 0.3) is 0 Å². The molecule has 4 aromatic rings. The number of hydrogen-bond donors (Lipinski definition) is 0. The molecule has 0 saturated carbocycles.